The number of halogens is 1. The van der Waals surface area contributed by atoms with Crippen LogP contribution in [-0.4, -0.2) is 41.4 Å². The lowest BCUT2D eigenvalue weighted by Crippen LogP contribution is -2.48. The Morgan fingerprint density at radius 3 is 2.62 bits per heavy atom. The number of aryl methyl sites for hydroxylation is 1. The van der Waals surface area contributed by atoms with E-state index < -0.39 is 0 Å². The molecule has 1 aliphatic rings. The summed E-state index contributed by atoms with van der Waals surface area (Å²) in [4.78, 5) is 21.8. The second kappa shape index (κ2) is 7.97. The van der Waals surface area contributed by atoms with Crippen molar-refractivity contribution >= 4 is 11.6 Å². The lowest BCUT2D eigenvalue weighted by Gasteiger charge is -2.38. The minimum absolute atomic E-state index is 0.00134. The molecule has 6 nitrogen and oxygen atoms in total. The molecular formula is C19H25FN4O2. The highest BCUT2D eigenvalue weighted by atomic mass is 19.1. The van der Waals surface area contributed by atoms with Crippen molar-refractivity contribution in [3.05, 3.63) is 51.7 Å². The van der Waals surface area contributed by atoms with Gasteiger partial charge in [0, 0.05) is 37.2 Å². The number of anilines is 2. The molecule has 0 bridgehead atoms. The predicted molar refractivity (Wildman–Crippen MR) is 99.2 cm³/mol. The van der Waals surface area contributed by atoms with Crippen molar-refractivity contribution in [2.24, 2.45) is 0 Å². The summed E-state index contributed by atoms with van der Waals surface area (Å²) in [5.74, 6) is 0.324. The smallest absolute Gasteiger partial charge is 0.259 e. The zero-order valence-electron chi connectivity index (χ0n) is 15.5. The van der Waals surface area contributed by atoms with Crippen LogP contribution in [0.15, 0.2) is 29.1 Å². The first kappa shape index (κ1) is 18.5. The normalized spacial score (nSPS) is 14.5. The molecule has 0 unspecified atom stereocenters. The van der Waals surface area contributed by atoms with E-state index in [1.807, 2.05) is 18.7 Å². The Bertz CT molecular complexity index is 820. The summed E-state index contributed by atoms with van der Waals surface area (Å²) < 4.78 is 20.2. The molecule has 140 valence electrons. The van der Waals surface area contributed by atoms with Crippen molar-refractivity contribution in [2.75, 3.05) is 31.8 Å². The Kier molecular flexibility index (Phi) is 5.68. The Morgan fingerprint density at radius 1 is 1.23 bits per heavy atom. The van der Waals surface area contributed by atoms with Crippen LogP contribution in [0.1, 0.15) is 24.6 Å². The van der Waals surface area contributed by atoms with Gasteiger partial charge in [-0.3, -0.25) is 19.2 Å². The molecular weight excluding hydrogens is 335 g/mol. The molecule has 0 N–H and O–H groups in total. The second-order valence-corrected chi connectivity index (χ2v) is 6.49. The van der Waals surface area contributed by atoms with E-state index >= 15 is 0 Å². The maximum atomic E-state index is 13.3. The molecule has 1 aromatic heterocycles. The molecule has 2 aromatic rings. The van der Waals surface area contributed by atoms with Gasteiger partial charge in [-0.15, -0.1) is 0 Å². The monoisotopic (exact) mass is 360 g/mol. The first-order chi connectivity index (χ1) is 12.5. The summed E-state index contributed by atoms with van der Waals surface area (Å²) in [6.07, 6.45) is 1.52. The van der Waals surface area contributed by atoms with E-state index in [2.05, 4.69) is 4.90 Å². The van der Waals surface area contributed by atoms with Crippen molar-refractivity contribution in [3.63, 3.8) is 0 Å². The summed E-state index contributed by atoms with van der Waals surface area (Å²) in [6.45, 7) is 6.39. The molecule has 0 saturated heterocycles. The van der Waals surface area contributed by atoms with Gasteiger partial charge in [0.2, 0.25) is 5.95 Å². The quantitative estimate of drug-likeness (QED) is 0.742. The Morgan fingerprint density at radius 2 is 1.96 bits per heavy atom. The lowest BCUT2D eigenvalue weighted by molar-refractivity contribution is 0.150. The number of benzene rings is 1. The molecule has 1 aliphatic heterocycles. The third-order valence-corrected chi connectivity index (χ3v) is 4.69. The molecule has 0 fully saturated rings. The fourth-order valence-corrected chi connectivity index (χ4v) is 3.33. The van der Waals surface area contributed by atoms with Gasteiger partial charge in [-0.05, 0) is 44.0 Å². The Labute approximate surface area is 152 Å². The van der Waals surface area contributed by atoms with Gasteiger partial charge in [-0.1, -0.05) is 6.92 Å². The van der Waals surface area contributed by atoms with Crippen LogP contribution >= 0.6 is 0 Å². The number of aromatic nitrogens is 2. The maximum absolute atomic E-state index is 13.3. The van der Waals surface area contributed by atoms with Crippen molar-refractivity contribution in [3.8, 4) is 0 Å². The average Bonchev–Trinajstić information content (AvgIpc) is 2.63. The molecule has 3 rings (SSSR count). The Hall–Kier alpha value is -2.25. The number of nitrogens with zero attached hydrogens (tertiary/aromatic N) is 4. The number of rotatable bonds is 6. The third-order valence-electron chi connectivity index (χ3n) is 4.69. The van der Waals surface area contributed by atoms with Gasteiger partial charge in [-0.2, -0.15) is 0 Å². The fourth-order valence-electron chi connectivity index (χ4n) is 3.33. The first-order valence-corrected chi connectivity index (χ1v) is 8.89. The van der Waals surface area contributed by atoms with Gasteiger partial charge in [0.25, 0.3) is 5.56 Å². The van der Waals surface area contributed by atoms with Crippen LogP contribution < -0.4 is 10.5 Å². The molecule has 26 heavy (non-hydrogen) atoms. The van der Waals surface area contributed by atoms with Crippen LogP contribution in [0.5, 0.6) is 0 Å². The van der Waals surface area contributed by atoms with Gasteiger partial charge in [0.1, 0.15) is 5.82 Å². The SMILES string of the molecule is CCc1c(C)nc2n(c1=O)CN(CCCOC)CN2c1ccc(F)cc1. The molecule has 0 amide bonds. The fraction of sp³-hybridized carbons (Fsp3) is 0.474. The van der Waals surface area contributed by atoms with E-state index in [-0.39, 0.29) is 11.4 Å². The van der Waals surface area contributed by atoms with Crippen molar-refractivity contribution < 1.29 is 9.13 Å². The largest absolute Gasteiger partial charge is 0.385 e. The standard InChI is InChI=1S/C19H25FN4O2/c1-4-17-14(2)21-19-23(16-8-6-15(20)7-9-16)12-22(10-5-11-26-3)13-24(19)18(17)25/h6-9H,4-5,10-13H2,1-3H3. The van der Waals surface area contributed by atoms with Crippen LogP contribution in [0.4, 0.5) is 16.0 Å². The van der Waals surface area contributed by atoms with E-state index in [9.17, 15) is 9.18 Å². The number of fused-ring (bicyclic) bond motifs is 1. The van der Waals surface area contributed by atoms with Crippen LogP contribution in [-0.2, 0) is 17.8 Å². The van der Waals surface area contributed by atoms with Crippen molar-refractivity contribution in [1.29, 1.82) is 0 Å². The number of hydrogen-bond donors (Lipinski definition) is 0. The summed E-state index contributed by atoms with van der Waals surface area (Å²) in [7, 11) is 1.68. The first-order valence-electron chi connectivity index (χ1n) is 8.89. The zero-order chi connectivity index (χ0) is 18.7. The lowest BCUT2D eigenvalue weighted by atomic mass is 10.2. The second-order valence-electron chi connectivity index (χ2n) is 6.49. The summed E-state index contributed by atoms with van der Waals surface area (Å²) in [5, 5.41) is 0. The van der Waals surface area contributed by atoms with Crippen molar-refractivity contribution in [1.82, 2.24) is 14.5 Å². The van der Waals surface area contributed by atoms with Crippen LogP contribution in [0.2, 0.25) is 0 Å². The minimum atomic E-state index is -0.287. The molecule has 2 heterocycles. The predicted octanol–water partition coefficient (Wildman–Crippen LogP) is 2.66. The maximum Gasteiger partial charge on any atom is 0.259 e. The highest BCUT2D eigenvalue weighted by Gasteiger charge is 2.27. The summed E-state index contributed by atoms with van der Waals surface area (Å²) >= 11 is 0. The van der Waals surface area contributed by atoms with E-state index in [0.29, 0.717) is 32.3 Å². The van der Waals surface area contributed by atoms with Crippen LogP contribution in [0, 0.1) is 12.7 Å². The molecule has 0 radical (unpaired) electrons. The minimum Gasteiger partial charge on any atom is -0.385 e. The molecule has 0 saturated carbocycles. The van der Waals surface area contributed by atoms with Gasteiger partial charge < -0.3 is 4.74 Å². The third kappa shape index (κ3) is 3.64. The van der Waals surface area contributed by atoms with Gasteiger partial charge in [0.15, 0.2) is 0 Å². The molecule has 0 spiro atoms. The molecule has 7 heteroatoms. The van der Waals surface area contributed by atoms with Crippen molar-refractivity contribution in [2.45, 2.75) is 33.4 Å². The number of hydrogen-bond acceptors (Lipinski definition) is 5. The van der Waals surface area contributed by atoms with E-state index in [0.717, 1.165) is 29.9 Å². The molecule has 0 atom stereocenters. The molecule has 0 aliphatic carbocycles. The summed E-state index contributed by atoms with van der Waals surface area (Å²) in [6, 6.07) is 6.28. The zero-order valence-corrected chi connectivity index (χ0v) is 15.5. The van der Waals surface area contributed by atoms with Gasteiger partial charge >= 0.3 is 0 Å². The van der Waals surface area contributed by atoms with Crippen LogP contribution in [0.25, 0.3) is 0 Å². The van der Waals surface area contributed by atoms with E-state index in [1.165, 1.54) is 12.1 Å². The highest BCUT2D eigenvalue weighted by molar-refractivity contribution is 5.58. The number of methoxy groups -OCH3 is 1. The average molecular weight is 360 g/mol. The topological polar surface area (TPSA) is 50.6 Å². The van der Waals surface area contributed by atoms with Gasteiger partial charge in [-0.25, -0.2) is 9.37 Å². The van der Waals surface area contributed by atoms with Crippen LogP contribution in [0.3, 0.4) is 0 Å². The Balaban J connectivity index is 2.03. The molecule has 1 aromatic carbocycles. The van der Waals surface area contributed by atoms with E-state index in [1.54, 1.807) is 23.8 Å². The van der Waals surface area contributed by atoms with E-state index in [4.69, 9.17) is 9.72 Å². The highest BCUT2D eigenvalue weighted by Crippen LogP contribution is 2.27. The number of ether oxygens (including phenoxy) is 1. The van der Waals surface area contributed by atoms with Gasteiger partial charge in [0.05, 0.1) is 13.3 Å². The summed E-state index contributed by atoms with van der Waals surface area (Å²) in [5.41, 5.74) is 2.31.